The van der Waals surface area contributed by atoms with Crippen LogP contribution in [0.3, 0.4) is 0 Å². The molecule has 0 saturated carbocycles. The Hall–Kier alpha value is -1.21. The molecular weight excluding hydrogens is 338 g/mol. The molecule has 20 heavy (non-hydrogen) atoms. The Kier molecular flexibility index (Phi) is 5.31. The molecule has 3 N–H and O–H groups in total. The van der Waals surface area contributed by atoms with Gasteiger partial charge in [0.25, 0.3) is 5.91 Å². The van der Waals surface area contributed by atoms with E-state index in [1.807, 2.05) is 25.2 Å². The Labute approximate surface area is 130 Å². The molecule has 2 rings (SSSR count). The summed E-state index contributed by atoms with van der Waals surface area (Å²) < 4.78 is 1.11. The Bertz CT molecular complexity index is 600. The van der Waals surface area contributed by atoms with Crippen LogP contribution in [0.2, 0.25) is 0 Å². The summed E-state index contributed by atoms with van der Waals surface area (Å²) >= 11 is 5.17. The van der Waals surface area contributed by atoms with Crippen molar-refractivity contribution in [1.29, 1.82) is 0 Å². The molecule has 1 aromatic carbocycles. The molecule has 1 aromatic heterocycles. The van der Waals surface area contributed by atoms with E-state index in [2.05, 4.69) is 37.7 Å². The van der Waals surface area contributed by atoms with Crippen LogP contribution in [-0.4, -0.2) is 17.9 Å². The molecule has 1 heterocycles. The molecule has 0 aliphatic heterocycles. The maximum absolute atomic E-state index is 11.7. The van der Waals surface area contributed by atoms with Crippen molar-refractivity contribution in [3.05, 3.63) is 56.2 Å². The van der Waals surface area contributed by atoms with E-state index in [4.69, 9.17) is 5.84 Å². The van der Waals surface area contributed by atoms with E-state index in [1.165, 1.54) is 4.88 Å². The van der Waals surface area contributed by atoms with Gasteiger partial charge in [0.1, 0.15) is 0 Å². The van der Waals surface area contributed by atoms with Gasteiger partial charge < -0.3 is 0 Å². The van der Waals surface area contributed by atoms with E-state index in [0.29, 0.717) is 12.1 Å². The molecule has 0 unspecified atom stereocenters. The monoisotopic (exact) mass is 353 g/mol. The van der Waals surface area contributed by atoms with Crippen LogP contribution in [0.5, 0.6) is 0 Å². The van der Waals surface area contributed by atoms with Gasteiger partial charge in [-0.2, -0.15) is 0 Å². The van der Waals surface area contributed by atoms with Crippen LogP contribution < -0.4 is 11.3 Å². The molecule has 6 heteroatoms. The summed E-state index contributed by atoms with van der Waals surface area (Å²) in [5.74, 6) is 4.96. The predicted octanol–water partition coefficient (Wildman–Crippen LogP) is 2.75. The van der Waals surface area contributed by atoms with Crippen LogP contribution in [0.15, 0.2) is 40.2 Å². The van der Waals surface area contributed by atoms with Crippen LogP contribution in [0.25, 0.3) is 0 Å². The third kappa shape index (κ3) is 3.89. The molecule has 0 atom stereocenters. The highest BCUT2D eigenvalue weighted by Gasteiger charge is 2.11. The van der Waals surface area contributed by atoms with Gasteiger partial charge in [-0.25, -0.2) is 5.84 Å². The summed E-state index contributed by atoms with van der Waals surface area (Å²) in [6.45, 7) is 1.54. The lowest BCUT2D eigenvalue weighted by Crippen LogP contribution is -2.31. The topological polar surface area (TPSA) is 58.4 Å². The highest BCUT2D eigenvalue weighted by molar-refractivity contribution is 9.10. The number of nitrogens with two attached hydrogens (primary N) is 1. The number of thiophene rings is 1. The van der Waals surface area contributed by atoms with Crippen molar-refractivity contribution in [2.75, 3.05) is 7.05 Å². The quantitative estimate of drug-likeness (QED) is 0.493. The summed E-state index contributed by atoms with van der Waals surface area (Å²) in [7, 11) is 2.03. The number of carbonyl (C=O) groups excluding carboxylic acids is 1. The lowest BCUT2D eigenvalue weighted by atomic mass is 10.1. The largest absolute Gasteiger partial charge is 0.297 e. The van der Waals surface area contributed by atoms with Crippen LogP contribution in [0, 0.1) is 0 Å². The molecule has 2 aromatic rings. The smallest absolute Gasteiger partial charge is 0.265 e. The number of nitrogens with zero attached hydrogens (tertiary/aromatic N) is 1. The number of rotatable bonds is 5. The molecule has 4 nitrogen and oxygen atoms in total. The van der Waals surface area contributed by atoms with Crippen LogP contribution in [0.4, 0.5) is 0 Å². The maximum atomic E-state index is 11.7. The minimum Gasteiger partial charge on any atom is -0.297 e. The van der Waals surface area contributed by atoms with E-state index in [9.17, 15) is 4.79 Å². The fourth-order valence-corrected chi connectivity index (χ4v) is 3.54. The SMILES string of the molecule is CN(Cc1cc(Br)cs1)Cc1ccccc1C(=O)NN. The number of carbonyl (C=O) groups is 1. The van der Waals surface area contributed by atoms with Crippen molar-refractivity contribution in [3.63, 3.8) is 0 Å². The number of hydrazine groups is 1. The van der Waals surface area contributed by atoms with Crippen molar-refractivity contribution in [1.82, 2.24) is 10.3 Å². The van der Waals surface area contributed by atoms with Crippen molar-refractivity contribution >= 4 is 33.2 Å². The number of hydrogen-bond acceptors (Lipinski definition) is 4. The second-order valence-electron chi connectivity index (χ2n) is 4.53. The predicted molar refractivity (Wildman–Crippen MR) is 85.3 cm³/mol. The summed E-state index contributed by atoms with van der Waals surface area (Å²) in [6, 6.07) is 9.61. The zero-order valence-electron chi connectivity index (χ0n) is 11.1. The molecule has 0 radical (unpaired) electrons. The standard InChI is InChI=1S/C14H16BrN3OS/c1-18(8-12-6-11(15)9-20-12)7-10-4-2-3-5-13(10)14(19)17-16/h2-6,9H,7-8,16H2,1H3,(H,17,19). The molecule has 0 aliphatic rings. The van der Waals surface area contributed by atoms with Gasteiger partial charge in [-0.1, -0.05) is 18.2 Å². The van der Waals surface area contributed by atoms with Gasteiger partial charge in [0.05, 0.1) is 0 Å². The highest BCUT2D eigenvalue weighted by Crippen LogP contribution is 2.21. The summed E-state index contributed by atoms with van der Waals surface area (Å²) in [6.07, 6.45) is 0. The number of amides is 1. The molecule has 0 fully saturated rings. The molecule has 0 aliphatic carbocycles. The third-order valence-corrected chi connectivity index (χ3v) is 4.56. The second-order valence-corrected chi connectivity index (χ2v) is 6.45. The van der Waals surface area contributed by atoms with E-state index in [-0.39, 0.29) is 5.91 Å². The van der Waals surface area contributed by atoms with Gasteiger partial charge in [0.2, 0.25) is 0 Å². The summed E-state index contributed by atoms with van der Waals surface area (Å²) in [4.78, 5) is 15.2. The second kappa shape index (κ2) is 6.99. The first kappa shape index (κ1) is 15.2. The lowest BCUT2D eigenvalue weighted by Gasteiger charge is -2.17. The van der Waals surface area contributed by atoms with Crippen molar-refractivity contribution < 1.29 is 4.79 Å². The van der Waals surface area contributed by atoms with Crippen molar-refractivity contribution in [3.8, 4) is 0 Å². The number of halogens is 1. The average molecular weight is 354 g/mol. The number of benzene rings is 1. The maximum Gasteiger partial charge on any atom is 0.265 e. The number of nitrogens with one attached hydrogen (secondary N) is 1. The first-order valence-electron chi connectivity index (χ1n) is 6.10. The van der Waals surface area contributed by atoms with Gasteiger partial charge in [0.15, 0.2) is 0 Å². The molecule has 0 spiro atoms. The van der Waals surface area contributed by atoms with E-state index >= 15 is 0 Å². The van der Waals surface area contributed by atoms with Crippen LogP contribution in [-0.2, 0) is 13.1 Å². The van der Waals surface area contributed by atoms with Gasteiger partial charge in [0, 0.05) is 33.4 Å². The fourth-order valence-electron chi connectivity index (χ4n) is 2.01. The molecule has 0 saturated heterocycles. The van der Waals surface area contributed by atoms with E-state index < -0.39 is 0 Å². The van der Waals surface area contributed by atoms with E-state index in [1.54, 1.807) is 17.4 Å². The summed E-state index contributed by atoms with van der Waals surface area (Å²) in [5, 5.41) is 2.07. The average Bonchev–Trinajstić information content (AvgIpc) is 2.83. The third-order valence-electron chi connectivity index (χ3n) is 2.88. The van der Waals surface area contributed by atoms with Gasteiger partial charge in [-0.15, -0.1) is 11.3 Å². The Morgan fingerprint density at radius 1 is 1.40 bits per heavy atom. The molecule has 0 bridgehead atoms. The molecule has 106 valence electrons. The normalized spacial score (nSPS) is 10.8. The Balaban J connectivity index is 2.07. The minimum absolute atomic E-state index is 0.257. The molecule has 1 amide bonds. The first-order chi connectivity index (χ1) is 9.60. The highest BCUT2D eigenvalue weighted by atomic mass is 79.9. The summed E-state index contributed by atoms with van der Waals surface area (Å²) in [5.41, 5.74) is 3.77. The van der Waals surface area contributed by atoms with Crippen LogP contribution >= 0.6 is 27.3 Å². The lowest BCUT2D eigenvalue weighted by molar-refractivity contribution is 0.0952. The first-order valence-corrected chi connectivity index (χ1v) is 7.77. The van der Waals surface area contributed by atoms with Crippen molar-refractivity contribution in [2.45, 2.75) is 13.1 Å². The fraction of sp³-hybridized carbons (Fsp3) is 0.214. The molecular formula is C14H16BrN3OS. The number of nitrogen functional groups attached to an aromatic ring is 1. The van der Waals surface area contributed by atoms with Crippen molar-refractivity contribution in [2.24, 2.45) is 5.84 Å². The Morgan fingerprint density at radius 2 is 2.15 bits per heavy atom. The number of hydrogen-bond donors (Lipinski definition) is 2. The van der Waals surface area contributed by atoms with E-state index in [0.717, 1.165) is 16.6 Å². The van der Waals surface area contributed by atoms with Gasteiger partial charge >= 0.3 is 0 Å². The minimum atomic E-state index is -0.257. The van der Waals surface area contributed by atoms with Crippen LogP contribution in [0.1, 0.15) is 20.8 Å². The van der Waals surface area contributed by atoms with Gasteiger partial charge in [-0.3, -0.25) is 15.1 Å². The zero-order chi connectivity index (χ0) is 14.5. The van der Waals surface area contributed by atoms with Gasteiger partial charge in [-0.05, 0) is 40.7 Å². The Morgan fingerprint density at radius 3 is 2.80 bits per heavy atom. The zero-order valence-corrected chi connectivity index (χ0v) is 13.5.